The standard InChI is InChI=1S/C19H25NOS/c1-12-15-10-19(2,3)8-7-17(15)22-18(12)14-9-13(11-20)5-6-16(14)21-4/h5-6,9H,7-8,10-11,20H2,1-4H3. The van der Waals surface area contributed by atoms with Gasteiger partial charge >= 0.3 is 0 Å². The van der Waals surface area contributed by atoms with E-state index in [1.54, 1.807) is 17.6 Å². The molecule has 0 radical (unpaired) electrons. The third-order valence-corrected chi connectivity index (χ3v) is 6.21. The third kappa shape index (κ3) is 2.68. The van der Waals surface area contributed by atoms with Gasteiger partial charge in [0.25, 0.3) is 0 Å². The van der Waals surface area contributed by atoms with Crippen LogP contribution in [0.2, 0.25) is 0 Å². The Morgan fingerprint density at radius 2 is 2.09 bits per heavy atom. The summed E-state index contributed by atoms with van der Waals surface area (Å²) in [6.45, 7) is 7.58. The molecular formula is C19H25NOS. The number of fused-ring (bicyclic) bond motifs is 1. The fourth-order valence-electron chi connectivity index (χ4n) is 3.38. The van der Waals surface area contributed by atoms with Crippen LogP contribution >= 0.6 is 11.3 Å². The summed E-state index contributed by atoms with van der Waals surface area (Å²) in [7, 11) is 1.74. The second-order valence-electron chi connectivity index (χ2n) is 7.04. The van der Waals surface area contributed by atoms with Crippen molar-refractivity contribution in [1.29, 1.82) is 0 Å². The van der Waals surface area contributed by atoms with Gasteiger partial charge < -0.3 is 10.5 Å². The first kappa shape index (κ1) is 15.6. The third-order valence-electron chi connectivity index (χ3n) is 4.78. The van der Waals surface area contributed by atoms with E-state index in [0.29, 0.717) is 12.0 Å². The zero-order chi connectivity index (χ0) is 15.9. The maximum absolute atomic E-state index is 5.82. The van der Waals surface area contributed by atoms with Gasteiger partial charge in [-0.25, -0.2) is 0 Å². The Hall–Kier alpha value is -1.32. The van der Waals surface area contributed by atoms with Crippen molar-refractivity contribution in [1.82, 2.24) is 0 Å². The van der Waals surface area contributed by atoms with Gasteiger partial charge in [0.1, 0.15) is 5.75 Å². The van der Waals surface area contributed by atoms with E-state index in [2.05, 4.69) is 26.8 Å². The highest BCUT2D eigenvalue weighted by Gasteiger charge is 2.29. The molecule has 1 heterocycles. The second-order valence-corrected chi connectivity index (χ2v) is 8.14. The number of hydrogen-bond donors (Lipinski definition) is 1. The molecule has 1 aliphatic rings. The predicted octanol–water partition coefficient (Wildman–Crippen LogP) is 4.71. The van der Waals surface area contributed by atoms with Crippen molar-refractivity contribution >= 4 is 11.3 Å². The molecule has 0 amide bonds. The molecular weight excluding hydrogens is 290 g/mol. The largest absolute Gasteiger partial charge is 0.496 e. The lowest BCUT2D eigenvalue weighted by Crippen LogP contribution is -2.21. The molecule has 0 aliphatic heterocycles. The molecule has 0 spiro atoms. The Morgan fingerprint density at radius 1 is 1.32 bits per heavy atom. The lowest BCUT2D eigenvalue weighted by molar-refractivity contribution is 0.317. The van der Waals surface area contributed by atoms with Gasteiger partial charge in [-0.2, -0.15) is 0 Å². The van der Waals surface area contributed by atoms with Crippen molar-refractivity contribution in [2.75, 3.05) is 7.11 Å². The molecule has 1 aromatic heterocycles. The molecule has 1 aromatic carbocycles. The van der Waals surface area contributed by atoms with Crippen LogP contribution in [0.15, 0.2) is 18.2 Å². The first-order valence-corrected chi connectivity index (χ1v) is 8.75. The van der Waals surface area contributed by atoms with Crippen LogP contribution in [-0.4, -0.2) is 7.11 Å². The number of hydrogen-bond acceptors (Lipinski definition) is 3. The maximum Gasteiger partial charge on any atom is 0.127 e. The molecule has 1 aliphatic carbocycles. The average Bonchev–Trinajstić information content (AvgIpc) is 2.82. The van der Waals surface area contributed by atoms with Crippen LogP contribution in [0, 0.1) is 12.3 Å². The van der Waals surface area contributed by atoms with Crippen LogP contribution in [0.5, 0.6) is 5.75 Å². The predicted molar refractivity (Wildman–Crippen MR) is 94.7 cm³/mol. The van der Waals surface area contributed by atoms with Gasteiger partial charge in [-0.15, -0.1) is 11.3 Å². The van der Waals surface area contributed by atoms with E-state index in [0.717, 1.165) is 11.3 Å². The van der Waals surface area contributed by atoms with E-state index in [1.807, 2.05) is 23.5 Å². The van der Waals surface area contributed by atoms with Crippen LogP contribution in [0.4, 0.5) is 0 Å². The number of nitrogens with two attached hydrogens (primary N) is 1. The van der Waals surface area contributed by atoms with Crippen LogP contribution < -0.4 is 10.5 Å². The summed E-state index contributed by atoms with van der Waals surface area (Å²) in [4.78, 5) is 2.92. The first-order valence-electron chi connectivity index (χ1n) is 7.93. The van der Waals surface area contributed by atoms with Crippen molar-refractivity contribution in [3.05, 3.63) is 39.8 Å². The molecule has 22 heavy (non-hydrogen) atoms. The Balaban J connectivity index is 2.12. The van der Waals surface area contributed by atoms with Crippen molar-refractivity contribution in [3.8, 4) is 16.2 Å². The van der Waals surface area contributed by atoms with Gasteiger partial charge in [-0.05, 0) is 60.4 Å². The van der Waals surface area contributed by atoms with Gasteiger partial charge in [-0.1, -0.05) is 19.9 Å². The highest BCUT2D eigenvalue weighted by Crippen LogP contribution is 2.46. The van der Waals surface area contributed by atoms with Crippen LogP contribution in [0.3, 0.4) is 0 Å². The molecule has 3 rings (SSSR count). The number of benzene rings is 1. The van der Waals surface area contributed by atoms with Crippen molar-refractivity contribution in [2.45, 2.75) is 46.6 Å². The van der Waals surface area contributed by atoms with Crippen LogP contribution in [0.25, 0.3) is 10.4 Å². The van der Waals surface area contributed by atoms with Crippen molar-refractivity contribution in [2.24, 2.45) is 11.1 Å². The first-order chi connectivity index (χ1) is 10.4. The summed E-state index contributed by atoms with van der Waals surface area (Å²) in [6, 6.07) is 6.28. The molecule has 0 saturated carbocycles. The quantitative estimate of drug-likeness (QED) is 0.890. The normalized spacial score (nSPS) is 16.4. The second kappa shape index (κ2) is 5.71. The zero-order valence-corrected chi connectivity index (χ0v) is 14.8. The van der Waals surface area contributed by atoms with E-state index in [1.165, 1.54) is 35.3 Å². The van der Waals surface area contributed by atoms with Gasteiger partial charge in [0.2, 0.25) is 0 Å². The van der Waals surface area contributed by atoms with E-state index in [-0.39, 0.29) is 0 Å². The SMILES string of the molecule is COc1ccc(CN)cc1-c1sc2c(c1C)CC(C)(C)CC2. The van der Waals surface area contributed by atoms with Crippen LogP contribution in [-0.2, 0) is 19.4 Å². The molecule has 0 saturated heterocycles. The molecule has 3 heteroatoms. The fraction of sp³-hybridized carbons (Fsp3) is 0.474. The Morgan fingerprint density at radius 3 is 2.77 bits per heavy atom. The molecule has 0 atom stereocenters. The van der Waals surface area contributed by atoms with Gasteiger partial charge in [0.15, 0.2) is 0 Å². The molecule has 2 aromatic rings. The topological polar surface area (TPSA) is 35.2 Å². The van der Waals surface area contributed by atoms with Gasteiger partial charge in [0.05, 0.1) is 7.11 Å². The highest BCUT2D eigenvalue weighted by molar-refractivity contribution is 7.16. The summed E-state index contributed by atoms with van der Waals surface area (Å²) in [5, 5.41) is 0. The monoisotopic (exact) mass is 315 g/mol. The zero-order valence-electron chi connectivity index (χ0n) is 14.0. The Labute approximate surface area is 137 Å². The highest BCUT2D eigenvalue weighted by atomic mass is 32.1. The summed E-state index contributed by atoms with van der Waals surface area (Å²) in [5.41, 5.74) is 11.6. The number of methoxy groups -OCH3 is 1. The van der Waals surface area contributed by atoms with E-state index in [9.17, 15) is 0 Å². The molecule has 2 N–H and O–H groups in total. The maximum atomic E-state index is 5.82. The number of rotatable bonds is 3. The number of thiophene rings is 1. The molecule has 0 unspecified atom stereocenters. The average molecular weight is 315 g/mol. The summed E-state index contributed by atoms with van der Waals surface area (Å²) < 4.78 is 5.59. The van der Waals surface area contributed by atoms with Gasteiger partial charge in [-0.3, -0.25) is 0 Å². The summed E-state index contributed by atoms with van der Waals surface area (Å²) in [6.07, 6.45) is 3.66. The lowest BCUT2D eigenvalue weighted by atomic mass is 9.76. The molecule has 118 valence electrons. The van der Waals surface area contributed by atoms with E-state index < -0.39 is 0 Å². The Bertz CT molecular complexity index is 700. The lowest BCUT2D eigenvalue weighted by Gasteiger charge is -2.29. The molecule has 2 nitrogen and oxygen atoms in total. The van der Waals surface area contributed by atoms with Crippen molar-refractivity contribution < 1.29 is 4.74 Å². The number of ether oxygens (including phenoxy) is 1. The minimum Gasteiger partial charge on any atom is -0.496 e. The summed E-state index contributed by atoms with van der Waals surface area (Å²) in [5.74, 6) is 0.943. The fourth-order valence-corrected chi connectivity index (χ4v) is 4.72. The van der Waals surface area contributed by atoms with E-state index in [4.69, 9.17) is 10.5 Å². The smallest absolute Gasteiger partial charge is 0.127 e. The van der Waals surface area contributed by atoms with Crippen LogP contribution in [0.1, 0.15) is 41.8 Å². The minimum absolute atomic E-state index is 0.416. The summed E-state index contributed by atoms with van der Waals surface area (Å²) >= 11 is 1.94. The van der Waals surface area contributed by atoms with Crippen molar-refractivity contribution in [3.63, 3.8) is 0 Å². The minimum atomic E-state index is 0.416. The van der Waals surface area contributed by atoms with Gasteiger partial charge in [0, 0.05) is 21.9 Å². The molecule has 0 bridgehead atoms. The number of aryl methyl sites for hydroxylation is 1. The Kier molecular flexibility index (Phi) is 4.04. The molecule has 0 fully saturated rings. The van der Waals surface area contributed by atoms with E-state index >= 15 is 0 Å².